The van der Waals surface area contributed by atoms with Crippen molar-refractivity contribution in [3.05, 3.63) is 12.3 Å². The van der Waals surface area contributed by atoms with Gasteiger partial charge >= 0.3 is 0 Å². The van der Waals surface area contributed by atoms with Gasteiger partial charge in [-0.25, -0.2) is 0 Å². The van der Waals surface area contributed by atoms with E-state index in [9.17, 15) is 0 Å². The normalized spacial score (nSPS) is 20.1. The van der Waals surface area contributed by atoms with E-state index < -0.39 is 0 Å². The van der Waals surface area contributed by atoms with Crippen molar-refractivity contribution in [1.29, 1.82) is 0 Å². The molecule has 1 rings (SSSR count). The van der Waals surface area contributed by atoms with Crippen LogP contribution in [0.4, 0.5) is 0 Å². The predicted octanol–water partition coefficient (Wildman–Crippen LogP) is 2.57. The summed E-state index contributed by atoms with van der Waals surface area (Å²) < 4.78 is 0. The molecule has 0 aliphatic carbocycles. The molecular formula is C13H26N2. The van der Waals surface area contributed by atoms with Gasteiger partial charge in [0.05, 0.1) is 0 Å². The molecule has 1 aliphatic heterocycles. The zero-order valence-electron chi connectivity index (χ0n) is 11.0. The maximum absolute atomic E-state index is 4.17. The fraction of sp³-hybridized carbons (Fsp3) is 0.846. The lowest BCUT2D eigenvalue weighted by molar-refractivity contribution is 0.0488. The summed E-state index contributed by atoms with van der Waals surface area (Å²) in [5.74, 6) is 0.679. The van der Waals surface area contributed by atoms with E-state index in [2.05, 4.69) is 51.0 Å². The van der Waals surface area contributed by atoms with Gasteiger partial charge in [0.25, 0.3) is 0 Å². The minimum Gasteiger partial charge on any atom is -0.373 e. The summed E-state index contributed by atoms with van der Waals surface area (Å²) in [6.07, 6.45) is 0. The van der Waals surface area contributed by atoms with Crippen molar-refractivity contribution in [1.82, 2.24) is 9.80 Å². The van der Waals surface area contributed by atoms with Gasteiger partial charge < -0.3 is 4.90 Å². The van der Waals surface area contributed by atoms with Crippen LogP contribution in [0.5, 0.6) is 0 Å². The van der Waals surface area contributed by atoms with E-state index in [-0.39, 0.29) is 5.54 Å². The molecule has 1 heterocycles. The first-order valence-electron chi connectivity index (χ1n) is 6.07. The van der Waals surface area contributed by atoms with Crippen LogP contribution in [-0.2, 0) is 0 Å². The van der Waals surface area contributed by atoms with Gasteiger partial charge in [-0.2, -0.15) is 0 Å². The summed E-state index contributed by atoms with van der Waals surface area (Å²) in [5, 5.41) is 0. The molecule has 1 aliphatic rings. The number of hydrogen-bond donors (Lipinski definition) is 0. The second-order valence-electron chi connectivity index (χ2n) is 5.38. The van der Waals surface area contributed by atoms with Crippen molar-refractivity contribution >= 4 is 0 Å². The molecule has 88 valence electrons. The quantitative estimate of drug-likeness (QED) is 0.706. The van der Waals surface area contributed by atoms with Crippen LogP contribution < -0.4 is 0 Å². The van der Waals surface area contributed by atoms with E-state index in [1.165, 1.54) is 5.70 Å². The van der Waals surface area contributed by atoms with Crippen LogP contribution in [0.15, 0.2) is 12.3 Å². The third-order valence-corrected chi connectivity index (χ3v) is 4.07. The molecule has 0 unspecified atom stereocenters. The first kappa shape index (κ1) is 12.6. The van der Waals surface area contributed by atoms with Crippen LogP contribution in [0.1, 0.15) is 34.6 Å². The highest BCUT2D eigenvalue weighted by Crippen LogP contribution is 2.27. The number of likely N-dealkylation sites (N-methyl/N-ethyl adjacent to an activating group) is 1. The Balaban J connectivity index is 2.65. The molecule has 0 aromatic rings. The Kier molecular flexibility index (Phi) is 3.82. The van der Waals surface area contributed by atoms with E-state index >= 15 is 0 Å². The highest BCUT2D eigenvalue weighted by Gasteiger charge is 2.33. The molecule has 0 radical (unpaired) electrons. The van der Waals surface area contributed by atoms with E-state index in [0.29, 0.717) is 5.92 Å². The molecule has 0 N–H and O–H groups in total. The van der Waals surface area contributed by atoms with E-state index in [1.807, 2.05) is 0 Å². The van der Waals surface area contributed by atoms with Crippen molar-refractivity contribution in [2.24, 2.45) is 5.92 Å². The third kappa shape index (κ3) is 2.54. The molecule has 1 fully saturated rings. The Morgan fingerprint density at radius 3 is 2.33 bits per heavy atom. The van der Waals surface area contributed by atoms with Crippen molar-refractivity contribution in [3.8, 4) is 0 Å². The van der Waals surface area contributed by atoms with Crippen LogP contribution in [0, 0.1) is 5.92 Å². The SMILES string of the molecule is C=C1CN(C(C)(C)C(C)C)CCN1CC. The van der Waals surface area contributed by atoms with E-state index in [1.54, 1.807) is 0 Å². The van der Waals surface area contributed by atoms with Crippen LogP contribution in [-0.4, -0.2) is 41.5 Å². The van der Waals surface area contributed by atoms with Gasteiger partial charge in [0.2, 0.25) is 0 Å². The van der Waals surface area contributed by atoms with Crippen LogP contribution >= 0.6 is 0 Å². The zero-order chi connectivity index (χ0) is 11.6. The first-order chi connectivity index (χ1) is 6.89. The molecule has 0 aromatic carbocycles. The number of rotatable bonds is 3. The van der Waals surface area contributed by atoms with Gasteiger partial charge in [-0.05, 0) is 26.7 Å². The topological polar surface area (TPSA) is 6.48 Å². The lowest BCUT2D eigenvalue weighted by Crippen LogP contribution is -2.55. The molecule has 2 heteroatoms. The number of piperazine rings is 1. The second kappa shape index (κ2) is 4.56. The summed E-state index contributed by atoms with van der Waals surface area (Å²) in [6.45, 7) is 20.1. The van der Waals surface area contributed by atoms with Gasteiger partial charge in [-0.1, -0.05) is 20.4 Å². The monoisotopic (exact) mass is 210 g/mol. The minimum absolute atomic E-state index is 0.281. The van der Waals surface area contributed by atoms with Crippen molar-refractivity contribution in [2.75, 3.05) is 26.2 Å². The van der Waals surface area contributed by atoms with Gasteiger partial charge in [-0.15, -0.1) is 0 Å². The summed E-state index contributed by atoms with van der Waals surface area (Å²) in [4.78, 5) is 4.94. The zero-order valence-corrected chi connectivity index (χ0v) is 11.0. The number of nitrogens with zero attached hydrogens (tertiary/aromatic N) is 2. The average molecular weight is 210 g/mol. The van der Waals surface area contributed by atoms with Crippen molar-refractivity contribution in [3.63, 3.8) is 0 Å². The summed E-state index contributed by atoms with van der Waals surface area (Å²) in [6, 6.07) is 0. The minimum atomic E-state index is 0.281. The molecule has 15 heavy (non-hydrogen) atoms. The third-order valence-electron chi connectivity index (χ3n) is 4.07. The Morgan fingerprint density at radius 2 is 1.93 bits per heavy atom. The Hall–Kier alpha value is -0.500. The maximum atomic E-state index is 4.17. The Morgan fingerprint density at radius 1 is 1.33 bits per heavy atom. The van der Waals surface area contributed by atoms with Gasteiger partial charge in [0.1, 0.15) is 0 Å². The molecule has 0 amide bonds. The molecule has 0 bridgehead atoms. The molecule has 0 aromatic heterocycles. The fourth-order valence-electron chi connectivity index (χ4n) is 2.04. The van der Waals surface area contributed by atoms with Gasteiger partial charge in [0.15, 0.2) is 0 Å². The Labute approximate surface area is 94.9 Å². The largest absolute Gasteiger partial charge is 0.373 e. The summed E-state index contributed by atoms with van der Waals surface area (Å²) in [5.41, 5.74) is 1.56. The predicted molar refractivity (Wildman–Crippen MR) is 66.9 cm³/mol. The van der Waals surface area contributed by atoms with Gasteiger partial charge in [0, 0.05) is 37.4 Å². The standard InChI is InChI=1S/C13H26N2/c1-7-14-8-9-15(10-12(14)4)13(5,6)11(2)3/h11H,4,7-10H2,1-3,5-6H3. The number of hydrogen-bond acceptors (Lipinski definition) is 2. The van der Waals surface area contributed by atoms with Crippen LogP contribution in [0.2, 0.25) is 0 Å². The lowest BCUT2D eigenvalue weighted by atomic mass is 9.88. The average Bonchev–Trinajstić information content (AvgIpc) is 2.17. The molecular weight excluding hydrogens is 184 g/mol. The lowest BCUT2D eigenvalue weighted by Gasteiger charge is -2.47. The van der Waals surface area contributed by atoms with E-state index in [0.717, 1.165) is 26.2 Å². The van der Waals surface area contributed by atoms with Crippen LogP contribution in [0.3, 0.4) is 0 Å². The molecule has 0 atom stereocenters. The van der Waals surface area contributed by atoms with Crippen molar-refractivity contribution in [2.45, 2.75) is 40.2 Å². The second-order valence-corrected chi connectivity index (χ2v) is 5.38. The summed E-state index contributed by atoms with van der Waals surface area (Å²) >= 11 is 0. The Bertz CT molecular complexity index is 231. The maximum Gasteiger partial charge on any atom is 0.0383 e. The van der Waals surface area contributed by atoms with Crippen molar-refractivity contribution < 1.29 is 0 Å². The van der Waals surface area contributed by atoms with Gasteiger partial charge in [-0.3, -0.25) is 4.90 Å². The summed E-state index contributed by atoms with van der Waals surface area (Å²) in [7, 11) is 0. The smallest absolute Gasteiger partial charge is 0.0383 e. The van der Waals surface area contributed by atoms with E-state index in [4.69, 9.17) is 0 Å². The first-order valence-corrected chi connectivity index (χ1v) is 6.07. The highest BCUT2D eigenvalue weighted by atomic mass is 15.3. The molecule has 2 nitrogen and oxygen atoms in total. The molecule has 1 saturated heterocycles. The van der Waals surface area contributed by atoms with Crippen LogP contribution in [0.25, 0.3) is 0 Å². The highest BCUT2D eigenvalue weighted by molar-refractivity contribution is 5.04. The molecule has 0 saturated carbocycles. The fourth-order valence-corrected chi connectivity index (χ4v) is 2.04. The molecule has 0 spiro atoms.